The Balaban J connectivity index is 1.91. The van der Waals surface area contributed by atoms with E-state index in [4.69, 9.17) is 9.26 Å². The second kappa shape index (κ2) is 5.58. The summed E-state index contributed by atoms with van der Waals surface area (Å²) in [6.45, 7) is 7.07. The number of nitrogens with zero attached hydrogens (tertiary/aromatic N) is 3. The van der Waals surface area contributed by atoms with E-state index >= 15 is 0 Å². The summed E-state index contributed by atoms with van der Waals surface area (Å²) < 4.78 is 37.9. The molecular formula is C14H23N3O4S. The van der Waals surface area contributed by atoms with Crippen molar-refractivity contribution < 1.29 is 17.7 Å². The molecule has 0 aromatic carbocycles. The molecule has 2 aliphatic rings. The number of hydrogen-bond donors (Lipinski definition) is 0. The number of piperidine rings is 1. The molecule has 0 spiro atoms. The van der Waals surface area contributed by atoms with Crippen molar-refractivity contribution in [3.05, 3.63) is 11.7 Å². The molecule has 0 amide bonds. The van der Waals surface area contributed by atoms with E-state index in [1.807, 2.05) is 13.8 Å². The Bertz CT molecular complexity index is 642. The summed E-state index contributed by atoms with van der Waals surface area (Å²) in [5.74, 6) is 1.34. The van der Waals surface area contributed by atoms with E-state index < -0.39 is 15.4 Å². The Hall–Kier alpha value is -0.990. The van der Waals surface area contributed by atoms with Gasteiger partial charge in [0, 0.05) is 19.7 Å². The van der Waals surface area contributed by atoms with Crippen LogP contribution in [0.15, 0.2) is 4.52 Å². The minimum Gasteiger partial charge on any atom is -0.377 e. The van der Waals surface area contributed by atoms with Crippen LogP contribution in [0.5, 0.6) is 0 Å². The first-order valence-electron chi connectivity index (χ1n) is 7.74. The zero-order valence-electron chi connectivity index (χ0n) is 13.3. The van der Waals surface area contributed by atoms with Crippen LogP contribution in [0, 0.1) is 12.8 Å². The van der Waals surface area contributed by atoms with Gasteiger partial charge >= 0.3 is 0 Å². The quantitative estimate of drug-likeness (QED) is 0.822. The number of ether oxygens (including phenoxy) is 1. The molecule has 0 N–H and O–H groups in total. The number of aromatic nitrogens is 2. The van der Waals surface area contributed by atoms with Crippen LogP contribution >= 0.6 is 0 Å². The highest BCUT2D eigenvalue weighted by atomic mass is 32.2. The van der Waals surface area contributed by atoms with Crippen molar-refractivity contribution in [1.29, 1.82) is 0 Å². The maximum atomic E-state index is 12.6. The lowest BCUT2D eigenvalue weighted by atomic mass is 9.77. The lowest BCUT2D eigenvalue weighted by molar-refractivity contribution is 0.0276. The number of aryl methyl sites for hydroxylation is 1. The SMILES string of the molecule is Cc1noc([C@]23CCO[C@H]2CCN(S(=O)(=O)CC(C)C)C3)n1. The van der Waals surface area contributed by atoms with Gasteiger partial charge in [0.25, 0.3) is 0 Å². The molecule has 1 aromatic rings. The molecule has 3 rings (SSSR count). The summed E-state index contributed by atoms with van der Waals surface area (Å²) in [6.07, 6.45) is 1.34. The number of hydrogen-bond acceptors (Lipinski definition) is 6. The van der Waals surface area contributed by atoms with E-state index in [0.717, 1.165) is 0 Å². The fourth-order valence-corrected chi connectivity index (χ4v) is 5.34. The molecule has 3 heterocycles. The Labute approximate surface area is 131 Å². The molecule has 2 atom stereocenters. The summed E-state index contributed by atoms with van der Waals surface area (Å²) in [5, 5.41) is 3.87. The van der Waals surface area contributed by atoms with Crippen molar-refractivity contribution in [2.45, 2.75) is 45.1 Å². The van der Waals surface area contributed by atoms with Crippen LogP contribution in [0.25, 0.3) is 0 Å². The molecule has 0 bridgehead atoms. The molecule has 124 valence electrons. The highest BCUT2D eigenvalue weighted by molar-refractivity contribution is 7.89. The fourth-order valence-electron chi connectivity index (χ4n) is 3.47. The van der Waals surface area contributed by atoms with Gasteiger partial charge in [-0.2, -0.15) is 4.98 Å². The summed E-state index contributed by atoms with van der Waals surface area (Å²) in [4.78, 5) is 4.37. The Morgan fingerprint density at radius 1 is 1.45 bits per heavy atom. The molecule has 0 aliphatic carbocycles. The molecule has 0 radical (unpaired) electrons. The minimum absolute atomic E-state index is 0.0437. The average molecular weight is 329 g/mol. The Morgan fingerprint density at radius 2 is 2.23 bits per heavy atom. The largest absolute Gasteiger partial charge is 0.377 e. The summed E-state index contributed by atoms with van der Waals surface area (Å²) in [5.41, 5.74) is -0.496. The average Bonchev–Trinajstić information content (AvgIpc) is 3.02. The zero-order valence-corrected chi connectivity index (χ0v) is 14.1. The molecule has 7 nitrogen and oxygen atoms in total. The number of rotatable bonds is 4. The highest BCUT2D eigenvalue weighted by Gasteiger charge is 2.54. The number of fused-ring (bicyclic) bond motifs is 1. The van der Waals surface area contributed by atoms with Crippen molar-refractivity contribution in [2.24, 2.45) is 5.92 Å². The molecule has 1 aromatic heterocycles. The maximum Gasteiger partial charge on any atom is 0.236 e. The van der Waals surface area contributed by atoms with Crippen LogP contribution in [-0.2, 0) is 20.2 Å². The van der Waals surface area contributed by atoms with E-state index in [2.05, 4.69) is 10.1 Å². The van der Waals surface area contributed by atoms with E-state index in [9.17, 15) is 8.42 Å². The maximum absolute atomic E-state index is 12.6. The first kappa shape index (κ1) is 15.9. The van der Waals surface area contributed by atoms with E-state index in [1.165, 1.54) is 0 Å². The molecule has 22 heavy (non-hydrogen) atoms. The van der Waals surface area contributed by atoms with Gasteiger partial charge in [0.15, 0.2) is 5.82 Å². The van der Waals surface area contributed by atoms with Gasteiger partial charge in [0.05, 0.1) is 17.3 Å². The standard InChI is InChI=1S/C14H23N3O4S/c1-10(2)8-22(18,19)17-6-4-12-14(9-17,5-7-20-12)13-15-11(3)16-21-13/h10,12H,4-9H2,1-3H3/t12-,14-/m0/s1. The molecule has 2 fully saturated rings. The third kappa shape index (κ3) is 2.68. The van der Waals surface area contributed by atoms with Crippen molar-refractivity contribution in [3.63, 3.8) is 0 Å². The third-order valence-corrected chi connectivity index (χ3v) is 6.66. The smallest absolute Gasteiger partial charge is 0.236 e. The predicted molar refractivity (Wildman–Crippen MR) is 79.9 cm³/mol. The molecule has 8 heteroatoms. The van der Waals surface area contributed by atoms with Crippen molar-refractivity contribution in [2.75, 3.05) is 25.4 Å². The molecule has 2 saturated heterocycles. The van der Waals surface area contributed by atoms with E-state index in [1.54, 1.807) is 11.2 Å². The second-order valence-corrected chi connectivity index (χ2v) is 8.72. The molecule has 0 saturated carbocycles. The van der Waals surface area contributed by atoms with Gasteiger partial charge in [0.2, 0.25) is 15.9 Å². The van der Waals surface area contributed by atoms with Gasteiger partial charge < -0.3 is 9.26 Å². The monoisotopic (exact) mass is 329 g/mol. The third-order valence-electron chi connectivity index (χ3n) is 4.47. The minimum atomic E-state index is -3.27. The van der Waals surface area contributed by atoms with Gasteiger partial charge in [-0.3, -0.25) is 0 Å². The predicted octanol–water partition coefficient (Wildman–Crippen LogP) is 1.10. The summed E-state index contributed by atoms with van der Waals surface area (Å²) >= 11 is 0. The lowest BCUT2D eigenvalue weighted by Crippen LogP contribution is -2.54. The van der Waals surface area contributed by atoms with Crippen LogP contribution in [0.3, 0.4) is 0 Å². The van der Waals surface area contributed by atoms with E-state index in [-0.39, 0.29) is 17.8 Å². The van der Waals surface area contributed by atoms with Crippen LogP contribution < -0.4 is 0 Å². The Morgan fingerprint density at radius 3 is 2.86 bits per heavy atom. The number of sulfonamides is 1. The van der Waals surface area contributed by atoms with Gasteiger partial charge in [-0.15, -0.1) is 0 Å². The van der Waals surface area contributed by atoms with Gasteiger partial charge in [-0.1, -0.05) is 19.0 Å². The lowest BCUT2D eigenvalue weighted by Gasteiger charge is -2.40. The highest BCUT2D eigenvalue weighted by Crippen LogP contribution is 2.43. The molecule has 0 unspecified atom stereocenters. The van der Waals surface area contributed by atoms with Crippen LogP contribution in [-0.4, -0.2) is 54.4 Å². The van der Waals surface area contributed by atoms with Gasteiger partial charge in [-0.25, -0.2) is 12.7 Å². The van der Waals surface area contributed by atoms with Gasteiger partial charge in [-0.05, 0) is 25.7 Å². The zero-order chi connectivity index (χ0) is 16.0. The van der Waals surface area contributed by atoms with Crippen LogP contribution in [0.2, 0.25) is 0 Å². The first-order valence-corrected chi connectivity index (χ1v) is 9.35. The summed E-state index contributed by atoms with van der Waals surface area (Å²) in [7, 11) is -3.27. The van der Waals surface area contributed by atoms with Gasteiger partial charge in [0.1, 0.15) is 0 Å². The molecular weight excluding hydrogens is 306 g/mol. The van der Waals surface area contributed by atoms with Crippen LogP contribution in [0.1, 0.15) is 38.4 Å². The van der Waals surface area contributed by atoms with Crippen LogP contribution in [0.4, 0.5) is 0 Å². The first-order chi connectivity index (χ1) is 10.3. The van der Waals surface area contributed by atoms with Crippen molar-refractivity contribution >= 4 is 10.0 Å². The topological polar surface area (TPSA) is 85.5 Å². The van der Waals surface area contributed by atoms with Crippen molar-refractivity contribution in [1.82, 2.24) is 14.4 Å². The molecule has 2 aliphatic heterocycles. The van der Waals surface area contributed by atoms with E-state index in [0.29, 0.717) is 44.3 Å². The van der Waals surface area contributed by atoms with Crippen molar-refractivity contribution in [3.8, 4) is 0 Å². The Kier molecular flexibility index (Phi) is 4.03. The summed E-state index contributed by atoms with van der Waals surface area (Å²) in [6, 6.07) is 0. The normalized spacial score (nSPS) is 29.9. The fraction of sp³-hybridized carbons (Fsp3) is 0.857. The second-order valence-electron chi connectivity index (χ2n) is 6.71.